The largest absolute Gasteiger partial charge is 0.496 e. The Balaban J connectivity index is 1.35. The van der Waals surface area contributed by atoms with Gasteiger partial charge in [0, 0.05) is 5.56 Å². The van der Waals surface area contributed by atoms with Crippen LogP contribution in [0.2, 0.25) is 0 Å². The Morgan fingerprint density at radius 3 is 2.24 bits per heavy atom. The molecule has 0 atom stereocenters. The Bertz CT molecular complexity index is 650. The predicted molar refractivity (Wildman–Crippen MR) is 93.6 cm³/mol. The van der Waals surface area contributed by atoms with E-state index in [9.17, 15) is 9.59 Å². The standard InChI is InChI=1S/C20H26N2O3/c1-25-17-5-3-2-4-16(17)9-18(23)21-22-19(24)20-10-13-6-14(11-20)8-15(7-13)12-20/h2-5,13-15H,6-12H2,1H3,(H,21,23)(H,22,24). The number of hydrazine groups is 1. The van der Waals surface area contributed by atoms with Crippen LogP contribution in [0.3, 0.4) is 0 Å². The summed E-state index contributed by atoms with van der Waals surface area (Å²) >= 11 is 0. The molecule has 5 rings (SSSR count). The van der Waals surface area contributed by atoms with Crippen LogP contribution in [-0.2, 0) is 16.0 Å². The van der Waals surface area contributed by atoms with Gasteiger partial charge in [0.25, 0.3) is 0 Å². The molecule has 0 saturated heterocycles. The number of amides is 2. The second kappa shape index (κ2) is 6.36. The number of para-hydroxylation sites is 1. The molecule has 0 radical (unpaired) electrons. The minimum absolute atomic E-state index is 0.0139. The van der Waals surface area contributed by atoms with E-state index >= 15 is 0 Å². The summed E-state index contributed by atoms with van der Waals surface area (Å²) in [4.78, 5) is 25.1. The van der Waals surface area contributed by atoms with E-state index in [1.807, 2.05) is 24.3 Å². The van der Waals surface area contributed by atoms with Crippen LogP contribution in [0.5, 0.6) is 5.75 Å². The molecule has 2 amide bonds. The number of ether oxygens (including phenoxy) is 1. The monoisotopic (exact) mass is 342 g/mol. The van der Waals surface area contributed by atoms with Gasteiger partial charge in [-0.1, -0.05) is 18.2 Å². The molecule has 4 bridgehead atoms. The first-order valence-corrected chi connectivity index (χ1v) is 9.29. The highest BCUT2D eigenvalue weighted by Gasteiger charge is 2.54. The first kappa shape index (κ1) is 16.4. The maximum Gasteiger partial charge on any atom is 0.244 e. The van der Waals surface area contributed by atoms with Gasteiger partial charge in [-0.3, -0.25) is 20.4 Å². The van der Waals surface area contributed by atoms with Crippen LogP contribution < -0.4 is 15.6 Å². The number of methoxy groups -OCH3 is 1. The molecule has 4 saturated carbocycles. The van der Waals surface area contributed by atoms with Crippen molar-refractivity contribution in [2.75, 3.05) is 7.11 Å². The minimum Gasteiger partial charge on any atom is -0.496 e. The van der Waals surface area contributed by atoms with Crippen molar-refractivity contribution in [3.05, 3.63) is 29.8 Å². The summed E-state index contributed by atoms with van der Waals surface area (Å²) in [7, 11) is 1.59. The number of carbonyl (C=O) groups excluding carboxylic acids is 2. The van der Waals surface area contributed by atoms with Gasteiger partial charge in [0.05, 0.1) is 18.9 Å². The number of nitrogens with one attached hydrogen (secondary N) is 2. The average molecular weight is 342 g/mol. The minimum atomic E-state index is -0.244. The van der Waals surface area contributed by atoms with Crippen LogP contribution in [-0.4, -0.2) is 18.9 Å². The molecule has 0 aromatic heterocycles. The highest BCUT2D eigenvalue weighted by Crippen LogP contribution is 2.60. The lowest BCUT2D eigenvalue weighted by Gasteiger charge is -2.55. The molecule has 4 fully saturated rings. The maximum absolute atomic E-state index is 12.8. The number of hydrogen-bond acceptors (Lipinski definition) is 3. The van der Waals surface area contributed by atoms with E-state index in [-0.39, 0.29) is 23.7 Å². The Kier molecular flexibility index (Phi) is 4.18. The summed E-state index contributed by atoms with van der Waals surface area (Å²) in [5, 5.41) is 0. The van der Waals surface area contributed by atoms with Crippen molar-refractivity contribution in [1.82, 2.24) is 10.9 Å². The molecule has 5 heteroatoms. The second-order valence-electron chi connectivity index (χ2n) is 8.19. The normalized spacial score (nSPS) is 32.3. The predicted octanol–water partition coefficient (Wildman–Crippen LogP) is 2.60. The van der Waals surface area contributed by atoms with Crippen LogP contribution in [0.4, 0.5) is 0 Å². The molecule has 5 nitrogen and oxygen atoms in total. The van der Waals surface area contributed by atoms with Gasteiger partial charge in [-0.2, -0.15) is 0 Å². The summed E-state index contributed by atoms with van der Waals surface area (Å²) < 4.78 is 5.27. The number of carbonyl (C=O) groups is 2. The zero-order valence-electron chi connectivity index (χ0n) is 14.7. The molecule has 1 aromatic carbocycles. The summed E-state index contributed by atoms with van der Waals surface area (Å²) in [5.74, 6) is 2.61. The second-order valence-corrected chi connectivity index (χ2v) is 8.19. The van der Waals surface area contributed by atoms with Gasteiger partial charge in [-0.05, 0) is 62.3 Å². The van der Waals surface area contributed by atoms with Crippen LogP contribution in [0.15, 0.2) is 24.3 Å². The third kappa shape index (κ3) is 3.12. The Morgan fingerprint density at radius 1 is 1.04 bits per heavy atom. The van der Waals surface area contributed by atoms with E-state index in [1.54, 1.807) is 7.11 Å². The molecule has 2 N–H and O–H groups in total. The lowest BCUT2D eigenvalue weighted by molar-refractivity contribution is -0.148. The van der Waals surface area contributed by atoms with Crippen molar-refractivity contribution in [3.63, 3.8) is 0 Å². The SMILES string of the molecule is COc1ccccc1CC(=O)NNC(=O)C12CC3CC(CC(C3)C1)C2. The molecule has 0 unspecified atom stereocenters. The van der Waals surface area contributed by atoms with Gasteiger partial charge in [0.15, 0.2) is 0 Å². The van der Waals surface area contributed by atoms with Crippen molar-refractivity contribution in [1.29, 1.82) is 0 Å². The van der Waals surface area contributed by atoms with Crippen LogP contribution in [0, 0.1) is 23.2 Å². The lowest BCUT2D eigenvalue weighted by atomic mass is 9.49. The summed E-state index contributed by atoms with van der Waals surface area (Å²) in [6.07, 6.45) is 7.06. The molecule has 134 valence electrons. The highest BCUT2D eigenvalue weighted by molar-refractivity contribution is 5.87. The van der Waals surface area contributed by atoms with Crippen molar-refractivity contribution >= 4 is 11.8 Å². The third-order valence-corrected chi connectivity index (χ3v) is 6.38. The fraction of sp³-hybridized carbons (Fsp3) is 0.600. The van der Waals surface area contributed by atoms with Gasteiger partial charge in [0.1, 0.15) is 5.75 Å². The zero-order chi connectivity index (χ0) is 17.4. The molecule has 4 aliphatic carbocycles. The molecule has 1 aromatic rings. The van der Waals surface area contributed by atoms with E-state index in [1.165, 1.54) is 19.3 Å². The molecule has 25 heavy (non-hydrogen) atoms. The average Bonchev–Trinajstić information content (AvgIpc) is 2.59. The summed E-state index contributed by atoms with van der Waals surface area (Å²) in [6, 6.07) is 7.43. The van der Waals surface area contributed by atoms with E-state index < -0.39 is 0 Å². The number of rotatable bonds is 4. The summed E-state index contributed by atoms with van der Waals surface area (Å²) in [6.45, 7) is 0. The van der Waals surface area contributed by atoms with Crippen molar-refractivity contribution in [2.24, 2.45) is 23.2 Å². The van der Waals surface area contributed by atoms with Crippen LogP contribution >= 0.6 is 0 Å². The topological polar surface area (TPSA) is 67.4 Å². The molecular formula is C20H26N2O3. The number of hydrogen-bond donors (Lipinski definition) is 2. The zero-order valence-corrected chi connectivity index (χ0v) is 14.7. The van der Waals surface area contributed by atoms with Crippen molar-refractivity contribution in [3.8, 4) is 5.75 Å². The Morgan fingerprint density at radius 2 is 1.64 bits per heavy atom. The van der Waals surface area contributed by atoms with Gasteiger partial charge < -0.3 is 4.74 Å². The fourth-order valence-electron chi connectivity index (χ4n) is 5.71. The first-order chi connectivity index (χ1) is 12.1. The first-order valence-electron chi connectivity index (χ1n) is 9.29. The lowest BCUT2D eigenvalue weighted by Crippen LogP contribution is -2.56. The van der Waals surface area contributed by atoms with E-state index in [2.05, 4.69) is 10.9 Å². The molecule has 0 aliphatic heterocycles. The smallest absolute Gasteiger partial charge is 0.244 e. The Labute approximate surface area is 148 Å². The number of benzene rings is 1. The van der Waals surface area contributed by atoms with Gasteiger partial charge in [-0.25, -0.2) is 0 Å². The van der Waals surface area contributed by atoms with Crippen LogP contribution in [0.1, 0.15) is 44.1 Å². The Hall–Kier alpha value is -2.04. The molecule has 0 heterocycles. The van der Waals surface area contributed by atoms with E-state index in [4.69, 9.17) is 4.74 Å². The van der Waals surface area contributed by atoms with Crippen LogP contribution in [0.25, 0.3) is 0 Å². The van der Waals surface area contributed by atoms with E-state index in [0.29, 0.717) is 23.5 Å². The van der Waals surface area contributed by atoms with Gasteiger partial charge in [0.2, 0.25) is 11.8 Å². The molecular weight excluding hydrogens is 316 g/mol. The highest BCUT2D eigenvalue weighted by atomic mass is 16.5. The van der Waals surface area contributed by atoms with Crippen molar-refractivity contribution in [2.45, 2.75) is 44.9 Å². The maximum atomic E-state index is 12.8. The summed E-state index contributed by atoms with van der Waals surface area (Å²) in [5.41, 5.74) is 5.90. The fourth-order valence-corrected chi connectivity index (χ4v) is 5.71. The molecule has 0 spiro atoms. The van der Waals surface area contributed by atoms with Gasteiger partial charge in [-0.15, -0.1) is 0 Å². The van der Waals surface area contributed by atoms with E-state index in [0.717, 1.165) is 24.8 Å². The van der Waals surface area contributed by atoms with Crippen molar-refractivity contribution < 1.29 is 14.3 Å². The third-order valence-electron chi connectivity index (χ3n) is 6.38. The quantitative estimate of drug-likeness (QED) is 0.827. The molecule has 4 aliphatic rings. The van der Waals surface area contributed by atoms with Gasteiger partial charge >= 0.3 is 0 Å².